The van der Waals surface area contributed by atoms with E-state index in [1.165, 1.54) is 18.3 Å². The molecule has 0 atom stereocenters. The quantitative estimate of drug-likeness (QED) is 0.586. The number of nitrogens with zero attached hydrogens (tertiary/aromatic N) is 2. The van der Waals surface area contributed by atoms with Crippen molar-refractivity contribution in [3.8, 4) is 0 Å². The second-order valence-electron chi connectivity index (χ2n) is 4.92. The van der Waals surface area contributed by atoms with Crippen molar-refractivity contribution in [1.82, 2.24) is 9.99 Å². The first-order valence-corrected chi connectivity index (χ1v) is 6.78. The fraction of sp³-hybridized carbons (Fsp3) is 0.0588. The summed E-state index contributed by atoms with van der Waals surface area (Å²) < 4.78 is 14.7. The zero-order valence-corrected chi connectivity index (χ0v) is 12.0. The number of aromatic nitrogens is 1. The lowest BCUT2D eigenvalue weighted by molar-refractivity contribution is 0.0956. The second kappa shape index (κ2) is 5.81. The van der Waals surface area contributed by atoms with Gasteiger partial charge in [0.2, 0.25) is 0 Å². The summed E-state index contributed by atoms with van der Waals surface area (Å²) in [7, 11) is 1.89. The molecule has 2 aromatic carbocycles. The summed E-state index contributed by atoms with van der Waals surface area (Å²) in [5.74, 6) is -0.591. The third kappa shape index (κ3) is 2.74. The highest BCUT2D eigenvalue weighted by atomic mass is 19.1. The number of rotatable bonds is 3. The van der Waals surface area contributed by atoms with Crippen LogP contribution in [0.4, 0.5) is 4.39 Å². The Labute approximate surface area is 126 Å². The molecule has 1 aromatic heterocycles. The summed E-state index contributed by atoms with van der Waals surface area (Å²) in [5, 5.41) is 4.78. The van der Waals surface area contributed by atoms with Gasteiger partial charge in [-0.15, -0.1) is 0 Å². The van der Waals surface area contributed by atoms with Crippen LogP contribution in [-0.4, -0.2) is 16.7 Å². The summed E-state index contributed by atoms with van der Waals surface area (Å²) in [4.78, 5) is 12.2. The lowest BCUT2D eigenvalue weighted by Crippen LogP contribution is -2.17. The Morgan fingerprint density at radius 1 is 1.18 bits per heavy atom. The van der Waals surface area contributed by atoms with Crippen LogP contribution >= 0.6 is 0 Å². The molecule has 0 aliphatic heterocycles. The standard InChI is InChI=1S/C17H14FN3O/c1-21-11-15(14-4-2-3-5-16(14)21)17(22)20-19-10-12-6-8-13(18)9-7-12/h2-11H,1H3,(H,20,22)/b19-10-. The number of para-hydroxylation sites is 1. The minimum Gasteiger partial charge on any atom is -0.350 e. The van der Waals surface area contributed by atoms with Crippen LogP contribution < -0.4 is 5.43 Å². The lowest BCUT2D eigenvalue weighted by atomic mass is 10.2. The van der Waals surface area contributed by atoms with Gasteiger partial charge >= 0.3 is 0 Å². The normalized spacial score (nSPS) is 11.2. The lowest BCUT2D eigenvalue weighted by Gasteiger charge is -1.98. The Bertz CT molecular complexity index is 850. The summed E-state index contributed by atoms with van der Waals surface area (Å²) in [6.45, 7) is 0. The molecular formula is C17H14FN3O. The molecule has 1 N–H and O–H groups in total. The van der Waals surface area contributed by atoms with Crippen molar-refractivity contribution >= 4 is 23.0 Å². The molecule has 4 nitrogen and oxygen atoms in total. The third-order valence-corrected chi connectivity index (χ3v) is 3.39. The number of benzene rings is 2. The number of fused-ring (bicyclic) bond motifs is 1. The molecule has 1 amide bonds. The summed E-state index contributed by atoms with van der Waals surface area (Å²) in [5.41, 5.74) is 4.74. The first-order valence-electron chi connectivity index (χ1n) is 6.78. The largest absolute Gasteiger partial charge is 0.350 e. The molecule has 110 valence electrons. The second-order valence-corrected chi connectivity index (χ2v) is 4.92. The van der Waals surface area contributed by atoms with Crippen molar-refractivity contribution in [2.24, 2.45) is 12.1 Å². The van der Waals surface area contributed by atoms with Crippen molar-refractivity contribution in [3.05, 3.63) is 71.7 Å². The zero-order chi connectivity index (χ0) is 15.5. The first-order chi connectivity index (χ1) is 10.6. The molecule has 0 bridgehead atoms. The monoisotopic (exact) mass is 295 g/mol. The molecule has 5 heteroatoms. The van der Waals surface area contributed by atoms with E-state index in [9.17, 15) is 9.18 Å². The average molecular weight is 295 g/mol. The molecular weight excluding hydrogens is 281 g/mol. The number of hydrogen-bond acceptors (Lipinski definition) is 2. The molecule has 0 aliphatic carbocycles. The van der Waals surface area contributed by atoms with Crippen LogP contribution in [0.5, 0.6) is 0 Å². The van der Waals surface area contributed by atoms with Crippen molar-refractivity contribution in [2.75, 3.05) is 0 Å². The number of carbonyl (C=O) groups excluding carboxylic acids is 1. The maximum absolute atomic E-state index is 12.8. The van der Waals surface area contributed by atoms with E-state index in [-0.39, 0.29) is 11.7 Å². The maximum Gasteiger partial charge on any atom is 0.273 e. The minimum atomic E-state index is -0.308. The van der Waals surface area contributed by atoms with Crippen LogP contribution in [0.3, 0.4) is 0 Å². The molecule has 0 radical (unpaired) electrons. The highest BCUT2D eigenvalue weighted by molar-refractivity contribution is 6.07. The van der Waals surface area contributed by atoms with E-state index >= 15 is 0 Å². The SMILES string of the molecule is Cn1cc(C(=O)N/N=C\c2ccc(F)cc2)c2ccccc21. The number of aryl methyl sites for hydroxylation is 1. The molecule has 0 spiro atoms. The number of carbonyl (C=O) groups is 1. The van der Waals surface area contributed by atoms with Gasteiger partial charge in [-0.25, -0.2) is 9.82 Å². The van der Waals surface area contributed by atoms with Gasteiger partial charge in [0.25, 0.3) is 5.91 Å². The van der Waals surface area contributed by atoms with E-state index < -0.39 is 0 Å². The Balaban J connectivity index is 1.78. The number of hydrazone groups is 1. The van der Waals surface area contributed by atoms with Crippen LogP contribution in [-0.2, 0) is 7.05 Å². The van der Waals surface area contributed by atoms with E-state index in [1.807, 2.05) is 35.9 Å². The van der Waals surface area contributed by atoms with Crippen molar-refractivity contribution in [1.29, 1.82) is 0 Å². The van der Waals surface area contributed by atoms with Crippen molar-refractivity contribution < 1.29 is 9.18 Å². The zero-order valence-electron chi connectivity index (χ0n) is 12.0. The third-order valence-electron chi connectivity index (χ3n) is 3.39. The highest BCUT2D eigenvalue weighted by Crippen LogP contribution is 2.19. The van der Waals surface area contributed by atoms with Crippen molar-refractivity contribution in [2.45, 2.75) is 0 Å². The van der Waals surface area contributed by atoms with Gasteiger partial charge < -0.3 is 4.57 Å². The molecule has 0 aliphatic rings. The van der Waals surface area contributed by atoms with E-state index in [2.05, 4.69) is 10.5 Å². The predicted octanol–water partition coefficient (Wildman–Crippen LogP) is 3.08. The van der Waals surface area contributed by atoms with E-state index in [1.54, 1.807) is 18.3 Å². The Kier molecular flexibility index (Phi) is 3.70. The maximum atomic E-state index is 12.8. The van der Waals surface area contributed by atoms with Gasteiger partial charge in [-0.05, 0) is 23.8 Å². The van der Waals surface area contributed by atoms with Gasteiger partial charge in [0.1, 0.15) is 5.82 Å². The van der Waals surface area contributed by atoms with E-state index in [0.717, 1.165) is 10.9 Å². The van der Waals surface area contributed by atoms with Crippen LogP contribution in [0.25, 0.3) is 10.9 Å². The number of halogens is 1. The minimum absolute atomic E-state index is 0.282. The van der Waals surface area contributed by atoms with Gasteiger partial charge in [0, 0.05) is 24.1 Å². The van der Waals surface area contributed by atoms with Crippen molar-refractivity contribution in [3.63, 3.8) is 0 Å². The van der Waals surface area contributed by atoms with Crippen LogP contribution in [0.15, 0.2) is 59.8 Å². The summed E-state index contributed by atoms with van der Waals surface area (Å²) in [6.07, 6.45) is 3.25. The Hall–Kier alpha value is -2.95. The van der Waals surface area contributed by atoms with Crippen LogP contribution in [0.2, 0.25) is 0 Å². The van der Waals surface area contributed by atoms with E-state index in [4.69, 9.17) is 0 Å². The molecule has 22 heavy (non-hydrogen) atoms. The molecule has 0 unspecified atom stereocenters. The molecule has 0 fully saturated rings. The molecule has 0 saturated carbocycles. The van der Waals surface area contributed by atoms with Gasteiger partial charge in [0.05, 0.1) is 11.8 Å². The predicted molar refractivity (Wildman–Crippen MR) is 84.4 cm³/mol. The smallest absolute Gasteiger partial charge is 0.273 e. The van der Waals surface area contributed by atoms with Crippen LogP contribution in [0, 0.1) is 5.82 Å². The number of nitrogens with one attached hydrogen (secondary N) is 1. The Morgan fingerprint density at radius 3 is 2.68 bits per heavy atom. The van der Waals surface area contributed by atoms with Gasteiger partial charge in [-0.2, -0.15) is 5.10 Å². The summed E-state index contributed by atoms with van der Waals surface area (Å²) >= 11 is 0. The average Bonchev–Trinajstić information content (AvgIpc) is 2.87. The molecule has 3 aromatic rings. The number of amides is 1. The van der Waals surface area contributed by atoms with Gasteiger partial charge in [0.15, 0.2) is 0 Å². The number of hydrogen-bond donors (Lipinski definition) is 1. The highest BCUT2D eigenvalue weighted by Gasteiger charge is 2.12. The molecule has 0 saturated heterocycles. The van der Waals surface area contributed by atoms with Gasteiger partial charge in [-0.3, -0.25) is 4.79 Å². The summed E-state index contributed by atoms with van der Waals surface area (Å²) in [6, 6.07) is 13.5. The topological polar surface area (TPSA) is 46.4 Å². The molecule has 3 rings (SSSR count). The van der Waals surface area contributed by atoms with Crippen LogP contribution in [0.1, 0.15) is 15.9 Å². The first kappa shape index (κ1) is 14.0. The molecule has 1 heterocycles. The Morgan fingerprint density at radius 2 is 1.91 bits per heavy atom. The van der Waals surface area contributed by atoms with Gasteiger partial charge in [-0.1, -0.05) is 30.3 Å². The fourth-order valence-corrected chi connectivity index (χ4v) is 2.30. The van der Waals surface area contributed by atoms with E-state index in [0.29, 0.717) is 11.1 Å². The fourth-order valence-electron chi connectivity index (χ4n) is 2.30.